The molecule has 1 atom stereocenters. The number of piperidine rings is 1. The first-order valence-corrected chi connectivity index (χ1v) is 7.34. The van der Waals surface area contributed by atoms with Crippen molar-refractivity contribution < 1.29 is 4.79 Å². The SMILES string of the molecule is CCN(C(=O)[C@H]1CCCNC1)C1CCCCC1. The van der Waals surface area contributed by atoms with Crippen LogP contribution in [-0.2, 0) is 4.79 Å². The molecule has 0 spiro atoms. The molecule has 0 unspecified atom stereocenters. The highest BCUT2D eigenvalue weighted by Gasteiger charge is 2.30. The zero-order valence-corrected chi connectivity index (χ0v) is 11.1. The van der Waals surface area contributed by atoms with Crippen molar-refractivity contribution in [2.45, 2.75) is 57.9 Å². The van der Waals surface area contributed by atoms with Gasteiger partial charge in [0.2, 0.25) is 5.91 Å². The van der Waals surface area contributed by atoms with E-state index in [-0.39, 0.29) is 5.92 Å². The Labute approximate surface area is 105 Å². The summed E-state index contributed by atoms with van der Waals surface area (Å²) in [5.74, 6) is 0.650. The van der Waals surface area contributed by atoms with E-state index in [2.05, 4.69) is 17.1 Å². The lowest BCUT2D eigenvalue weighted by Gasteiger charge is -2.36. The van der Waals surface area contributed by atoms with Gasteiger partial charge in [-0.3, -0.25) is 4.79 Å². The van der Waals surface area contributed by atoms with Crippen LogP contribution in [0.25, 0.3) is 0 Å². The third-order valence-corrected chi connectivity index (χ3v) is 4.29. The van der Waals surface area contributed by atoms with Gasteiger partial charge in [0.15, 0.2) is 0 Å². The van der Waals surface area contributed by atoms with Crippen LogP contribution in [0.15, 0.2) is 0 Å². The zero-order valence-electron chi connectivity index (χ0n) is 11.1. The summed E-state index contributed by atoms with van der Waals surface area (Å²) in [5, 5.41) is 3.35. The van der Waals surface area contributed by atoms with Gasteiger partial charge >= 0.3 is 0 Å². The van der Waals surface area contributed by atoms with Crippen LogP contribution >= 0.6 is 0 Å². The van der Waals surface area contributed by atoms with Crippen LogP contribution in [0.2, 0.25) is 0 Å². The minimum atomic E-state index is 0.241. The van der Waals surface area contributed by atoms with E-state index in [1.807, 2.05) is 0 Å². The molecule has 2 aliphatic rings. The van der Waals surface area contributed by atoms with E-state index in [0.29, 0.717) is 11.9 Å². The second-order valence-corrected chi connectivity index (χ2v) is 5.46. The normalized spacial score (nSPS) is 26.8. The highest BCUT2D eigenvalue weighted by atomic mass is 16.2. The predicted octanol–water partition coefficient (Wildman–Crippen LogP) is 2.17. The van der Waals surface area contributed by atoms with Gasteiger partial charge in [0.1, 0.15) is 0 Å². The van der Waals surface area contributed by atoms with E-state index in [0.717, 1.165) is 32.5 Å². The molecule has 1 amide bonds. The number of nitrogens with one attached hydrogen (secondary N) is 1. The lowest BCUT2D eigenvalue weighted by atomic mass is 9.91. The molecule has 0 aromatic carbocycles. The van der Waals surface area contributed by atoms with Gasteiger partial charge in [-0.05, 0) is 39.2 Å². The first kappa shape index (κ1) is 12.9. The number of hydrogen-bond donors (Lipinski definition) is 1. The Kier molecular flexibility index (Phi) is 4.84. The third-order valence-electron chi connectivity index (χ3n) is 4.29. The first-order chi connectivity index (χ1) is 8.33. The minimum Gasteiger partial charge on any atom is -0.340 e. The largest absolute Gasteiger partial charge is 0.340 e. The standard InChI is InChI=1S/C14H26N2O/c1-2-16(13-8-4-3-5-9-13)14(17)12-7-6-10-15-11-12/h12-13,15H,2-11H2,1H3/t12-/m0/s1. The summed E-state index contributed by atoms with van der Waals surface area (Å²) in [4.78, 5) is 14.7. The predicted molar refractivity (Wildman–Crippen MR) is 69.9 cm³/mol. The van der Waals surface area contributed by atoms with Gasteiger partial charge in [0.05, 0.1) is 5.92 Å². The highest BCUT2D eigenvalue weighted by molar-refractivity contribution is 5.79. The van der Waals surface area contributed by atoms with Crippen LogP contribution in [-0.4, -0.2) is 36.5 Å². The van der Waals surface area contributed by atoms with Crippen molar-refractivity contribution in [3.8, 4) is 0 Å². The van der Waals surface area contributed by atoms with Gasteiger partial charge in [-0.15, -0.1) is 0 Å². The lowest BCUT2D eigenvalue weighted by molar-refractivity contribution is -0.138. The first-order valence-electron chi connectivity index (χ1n) is 7.34. The molecule has 3 nitrogen and oxygen atoms in total. The zero-order chi connectivity index (χ0) is 12.1. The number of hydrogen-bond acceptors (Lipinski definition) is 2. The molecule has 2 fully saturated rings. The van der Waals surface area contributed by atoms with Gasteiger partial charge in [-0.1, -0.05) is 19.3 Å². The average Bonchev–Trinajstić information content (AvgIpc) is 2.42. The summed E-state index contributed by atoms with van der Waals surface area (Å²) in [5.41, 5.74) is 0. The Morgan fingerprint density at radius 2 is 1.94 bits per heavy atom. The van der Waals surface area contributed by atoms with Crippen molar-refractivity contribution in [1.29, 1.82) is 0 Å². The molecule has 3 heteroatoms. The van der Waals surface area contributed by atoms with Gasteiger partial charge in [0.25, 0.3) is 0 Å². The molecule has 1 aliphatic carbocycles. The van der Waals surface area contributed by atoms with Crippen LogP contribution < -0.4 is 5.32 Å². The average molecular weight is 238 g/mol. The molecule has 1 saturated heterocycles. The van der Waals surface area contributed by atoms with E-state index in [1.54, 1.807) is 0 Å². The Hall–Kier alpha value is -0.570. The second kappa shape index (κ2) is 6.39. The maximum absolute atomic E-state index is 12.5. The van der Waals surface area contributed by atoms with E-state index in [9.17, 15) is 4.79 Å². The molecule has 1 heterocycles. The molecule has 1 saturated carbocycles. The van der Waals surface area contributed by atoms with Crippen molar-refractivity contribution in [3.63, 3.8) is 0 Å². The summed E-state index contributed by atoms with van der Waals surface area (Å²) < 4.78 is 0. The van der Waals surface area contributed by atoms with Crippen LogP contribution in [0.3, 0.4) is 0 Å². The topological polar surface area (TPSA) is 32.3 Å². The summed E-state index contributed by atoms with van der Waals surface area (Å²) in [6, 6.07) is 0.531. The van der Waals surface area contributed by atoms with Crippen molar-refractivity contribution >= 4 is 5.91 Å². The van der Waals surface area contributed by atoms with Crippen LogP contribution in [0.5, 0.6) is 0 Å². The molecule has 98 valence electrons. The van der Waals surface area contributed by atoms with E-state index in [1.165, 1.54) is 32.1 Å². The highest BCUT2D eigenvalue weighted by Crippen LogP contribution is 2.25. The monoisotopic (exact) mass is 238 g/mol. The second-order valence-electron chi connectivity index (χ2n) is 5.46. The molecular formula is C14H26N2O. The third kappa shape index (κ3) is 3.21. The minimum absolute atomic E-state index is 0.241. The Balaban J connectivity index is 1.93. The van der Waals surface area contributed by atoms with Crippen molar-refractivity contribution in [3.05, 3.63) is 0 Å². The van der Waals surface area contributed by atoms with Crippen molar-refractivity contribution in [1.82, 2.24) is 10.2 Å². The van der Waals surface area contributed by atoms with Gasteiger partial charge in [-0.25, -0.2) is 0 Å². The number of nitrogens with zero attached hydrogens (tertiary/aromatic N) is 1. The molecular weight excluding hydrogens is 212 g/mol. The summed E-state index contributed by atoms with van der Waals surface area (Å²) in [6.45, 7) is 4.99. The van der Waals surface area contributed by atoms with Gasteiger partial charge in [0, 0.05) is 19.1 Å². The maximum Gasteiger partial charge on any atom is 0.227 e. The Morgan fingerprint density at radius 1 is 1.18 bits per heavy atom. The van der Waals surface area contributed by atoms with Crippen molar-refractivity contribution in [2.75, 3.05) is 19.6 Å². The number of amides is 1. The summed E-state index contributed by atoms with van der Waals surface area (Å²) >= 11 is 0. The summed E-state index contributed by atoms with van der Waals surface area (Å²) in [6.07, 6.45) is 8.63. The fourth-order valence-electron chi connectivity index (χ4n) is 3.28. The summed E-state index contributed by atoms with van der Waals surface area (Å²) in [7, 11) is 0. The number of rotatable bonds is 3. The maximum atomic E-state index is 12.5. The molecule has 0 aromatic rings. The van der Waals surface area contributed by atoms with Crippen LogP contribution in [0, 0.1) is 5.92 Å². The molecule has 1 aliphatic heterocycles. The Morgan fingerprint density at radius 3 is 2.53 bits per heavy atom. The fraction of sp³-hybridized carbons (Fsp3) is 0.929. The molecule has 0 aromatic heterocycles. The van der Waals surface area contributed by atoms with Crippen LogP contribution in [0.1, 0.15) is 51.9 Å². The van der Waals surface area contributed by atoms with Crippen molar-refractivity contribution in [2.24, 2.45) is 5.92 Å². The quantitative estimate of drug-likeness (QED) is 0.817. The van der Waals surface area contributed by atoms with E-state index in [4.69, 9.17) is 0 Å². The molecule has 0 bridgehead atoms. The lowest BCUT2D eigenvalue weighted by Crippen LogP contribution is -2.47. The Bertz CT molecular complexity index is 243. The van der Waals surface area contributed by atoms with Crippen LogP contribution in [0.4, 0.5) is 0 Å². The molecule has 17 heavy (non-hydrogen) atoms. The van der Waals surface area contributed by atoms with Gasteiger partial charge < -0.3 is 10.2 Å². The molecule has 2 rings (SSSR count). The van der Waals surface area contributed by atoms with E-state index >= 15 is 0 Å². The molecule has 0 radical (unpaired) electrons. The van der Waals surface area contributed by atoms with E-state index < -0.39 is 0 Å². The fourth-order valence-corrected chi connectivity index (χ4v) is 3.28. The van der Waals surface area contributed by atoms with Gasteiger partial charge in [-0.2, -0.15) is 0 Å². The number of carbonyl (C=O) groups is 1. The molecule has 1 N–H and O–H groups in total. The number of carbonyl (C=O) groups excluding carboxylic acids is 1. The smallest absolute Gasteiger partial charge is 0.227 e.